The van der Waals surface area contributed by atoms with Gasteiger partial charge in [-0.2, -0.15) is 0 Å². The molecule has 1 aromatic carbocycles. The van der Waals surface area contributed by atoms with E-state index in [9.17, 15) is 14.7 Å². The highest BCUT2D eigenvalue weighted by Crippen LogP contribution is 2.23. The molecule has 0 fully saturated rings. The predicted octanol–water partition coefficient (Wildman–Crippen LogP) is 2.10. The van der Waals surface area contributed by atoms with E-state index in [2.05, 4.69) is 9.97 Å². The number of pyridine rings is 2. The second-order valence-electron chi connectivity index (χ2n) is 7.30. The van der Waals surface area contributed by atoms with Crippen LogP contribution in [-0.4, -0.2) is 38.9 Å². The van der Waals surface area contributed by atoms with Crippen LogP contribution in [0, 0.1) is 0 Å². The highest BCUT2D eigenvalue weighted by Gasteiger charge is 2.24. The van der Waals surface area contributed by atoms with Crippen molar-refractivity contribution in [3.05, 3.63) is 91.8 Å². The Labute approximate surface area is 187 Å². The largest absolute Gasteiger partial charge is 0.368 e. The standard InChI is InChI=1S/C23H22N4O4S/c1-31-19(28)11-16-20(22(24)29)23(30)27(13-18-25-7-8-32-18)17-10-15(12-26-21(16)17)9-14-5-3-2-4-6-14/h2-8,10,12,19,28H,9,11,13H2,1H3,(H2,24,29). The lowest BCUT2D eigenvalue weighted by Gasteiger charge is -2.18. The molecule has 1 amide bonds. The van der Waals surface area contributed by atoms with E-state index in [4.69, 9.17) is 10.5 Å². The van der Waals surface area contributed by atoms with Gasteiger partial charge in [0.2, 0.25) is 0 Å². The number of aliphatic hydroxyl groups excluding tert-OH is 1. The smallest absolute Gasteiger partial charge is 0.264 e. The summed E-state index contributed by atoms with van der Waals surface area (Å²) in [5.74, 6) is -0.877. The lowest BCUT2D eigenvalue weighted by atomic mass is 10.0. The molecule has 3 N–H and O–H groups in total. The molecule has 0 spiro atoms. The van der Waals surface area contributed by atoms with Crippen LogP contribution in [0.25, 0.3) is 11.0 Å². The zero-order valence-electron chi connectivity index (χ0n) is 17.4. The van der Waals surface area contributed by atoms with Gasteiger partial charge in [0.25, 0.3) is 11.5 Å². The molecule has 0 aliphatic rings. The molecule has 0 saturated heterocycles. The number of methoxy groups -OCH3 is 1. The minimum atomic E-state index is -1.21. The third kappa shape index (κ3) is 4.45. The molecule has 4 aromatic rings. The Kier molecular flexibility index (Phi) is 6.40. The van der Waals surface area contributed by atoms with E-state index in [1.165, 1.54) is 23.0 Å². The van der Waals surface area contributed by atoms with Crippen LogP contribution < -0.4 is 11.3 Å². The van der Waals surface area contributed by atoms with E-state index in [0.29, 0.717) is 22.5 Å². The first-order valence-electron chi connectivity index (χ1n) is 9.95. The topological polar surface area (TPSA) is 120 Å². The van der Waals surface area contributed by atoms with Crippen LogP contribution >= 0.6 is 11.3 Å². The number of nitrogens with two attached hydrogens (primary N) is 1. The Hall–Kier alpha value is -3.40. The Morgan fingerprint density at radius 2 is 2.03 bits per heavy atom. The second-order valence-corrected chi connectivity index (χ2v) is 8.28. The summed E-state index contributed by atoms with van der Waals surface area (Å²) in [6, 6.07) is 11.8. The summed E-state index contributed by atoms with van der Waals surface area (Å²) in [5, 5.41) is 12.6. The van der Waals surface area contributed by atoms with E-state index < -0.39 is 17.8 Å². The molecule has 8 nitrogen and oxygen atoms in total. The molecule has 9 heteroatoms. The van der Waals surface area contributed by atoms with Crippen molar-refractivity contribution in [2.45, 2.75) is 25.7 Å². The van der Waals surface area contributed by atoms with Crippen molar-refractivity contribution in [3.63, 3.8) is 0 Å². The third-order valence-corrected chi connectivity index (χ3v) is 5.95. The van der Waals surface area contributed by atoms with Crippen LogP contribution in [-0.2, 0) is 24.1 Å². The molecule has 164 valence electrons. The van der Waals surface area contributed by atoms with Gasteiger partial charge in [-0.3, -0.25) is 19.1 Å². The van der Waals surface area contributed by atoms with Gasteiger partial charge in [0.15, 0.2) is 6.29 Å². The second kappa shape index (κ2) is 9.39. The first-order chi connectivity index (χ1) is 15.5. The number of fused-ring (bicyclic) bond motifs is 1. The summed E-state index contributed by atoms with van der Waals surface area (Å²) in [6.45, 7) is 0.177. The van der Waals surface area contributed by atoms with Gasteiger partial charge in [0.05, 0.1) is 17.6 Å². The molecule has 1 atom stereocenters. The number of carbonyl (C=O) groups is 1. The maximum Gasteiger partial charge on any atom is 0.264 e. The number of thiazole rings is 1. The van der Waals surface area contributed by atoms with Gasteiger partial charge in [-0.15, -0.1) is 11.3 Å². The Balaban J connectivity index is 1.95. The maximum absolute atomic E-state index is 13.4. The lowest BCUT2D eigenvalue weighted by molar-refractivity contribution is -0.0719. The highest BCUT2D eigenvalue weighted by atomic mass is 32.1. The zero-order chi connectivity index (χ0) is 22.7. The van der Waals surface area contributed by atoms with E-state index in [-0.39, 0.29) is 24.1 Å². The molecular weight excluding hydrogens is 428 g/mol. The summed E-state index contributed by atoms with van der Waals surface area (Å²) >= 11 is 1.41. The van der Waals surface area contributed by atoms with Crippen molar-refractivity contribution in [3.8, 4) is 0 Å². The van der Waals surface area contributed by atoms with Crippen molar-refractivity contribution in [2.24, 2.45) is 5.73 Å². The number of rotatable bonds is 8. The monoisotopic (exact) mass is 450 g/mol. The number of benzene rings is 1. The van der Waals surface area contributed by atoms with E-state index in [1.807, 2.05) is 41.8 Å². The molecule has 0 radical (unpaired) electrons. The lowest BCUT2D eigenvalue weighted by Crippen LogP contribution is -2.33. The number of aromatic nitrogens is 3. The van der Waals surface area contributed by atoms with Crippen LogP contribution in [0.1, 0.15) is 32.1 Å². The number of amides is 1. The van der Waals surface area contributed by atoms with Crippen molar-refractivity contribution < 1.29 is 14.6 Å². The molecule has 1 unspecified atom stereocenters. The normalized spacial score (nSPS) is 12.2. The maximum atomic E-state index is 13.4. The van der Waals surface area contributed by atoms with Gasteiger partial charge < -0.3 is 15.6 Å². The summed E-state index contributed by atoms with van der Waals surface area (Å²) in [6.07, 6.45) is 2.69. The number of carbonyl (C=O) groups excluding carboxylic acids is 1. The van der Waals surface area contributed by atoms with Crippen LogP contribution in [0.5, 0.6) is 0 Å². The fraction of sp³-hybridized carbons (Fsp3) is 0.217. The summed E-state index contributed by atoms with van der Waals surface area (Å²) in [5.41, 5.74) is 8.08. The van der Waals surface area contributed by atoms with Crippen LogP contribution in [0.3, 0.4) is 0 Å². The zero-order valence-corrected chi connectivity index (χ0v) is 18.2. The van der Waals surface area contributed by atoms with Gasteiger partial charge in [-0.05, 0) is 23.6 Å². The molecule has 3 aromatic heterocycles. The number of hydrogen-bond acceptors (Lipinski definition) is 7. The first kappa shape index (κ1) is 21.8. The summed E-state index contributed by atoms with van der Waals surface area (Å²) < 4.78 is 6.42. The predicted molar refractivity (Wildman–Crippen MR) is 122 cm³/mol. The fourth-order valence-electron chi connectivity index (χ4n) is 3.69. The van der Waals surface area contributed by atoms with Crippen LogP contribution in [0.2, 0.25) is 0 Å². The number of aliphatic hydroxyl groups is 1. The van der Waals surface area contributed by atoms with E-state index in [0.717, 1.165) is 11.1 Å². The number of primary amides is 1. The first-order valence-corrected chi connectivity index (χ1v) is 10.8. The average molecular weight is 451 g/mol. The van der Waals surface area contributed by atoms with Gasteiger partial charge in [-0.1, -0.05) is 30.3 Å². The van der Waals surface area contributed by atoms with E-state index in [1.54, 1.807) is 12.4 Å². The average Bonchev–Trinajstić information content (AvgIpc) is 3.30. The minimum Gasteiger partial charge on any atom is -0.368 e. The van der Waals surface area contributed by atoms with Crippen LogP contribution in [0.15, 0.2) is 59.0 Å². The highest BCUT2D eigenvalue weighted by molar-refractivity contribution is 7.09. The van der Waals surface area contributed by atoms with Gasteiger partial charge >= 0.3 is 0 Å². The molecule has 0 aliphatic heterocycles. The Bertz CT molecular complexity index is 1300. The summed E-state index contributed by atoms with van der Waals surface area (Å²) in [7, 11) is 1.34. The molecule has 0 aliphatic carbocycles. The fourth-order valence-corrected chi connectivity index (χ4v) is 4.29. The van der Waals surface area contributed by atoms with Crippen molar-refractivity contribution >= 4 is 28.3 Å². The van der Waals surface area contributed by atoms with Crippen molar-refractivity contribution in [1.29, 1.82) is 0 Å². The molecule has 3 heterocycles. The van der Waals surface area contributed by atoms with Gasteiger partial charge in [-0.25, -0.2) is 4.98 Å². The Morgan fingerprint density at radius 3 is 2.69 bits per heavy atom. The SMILES string of the molecule is COC(O)Cc1c(C(N)=O)c(=O)n(Cc2nccs2)c2cc(Cc3ccccc3)cnc12. The molecule has 4 rings (SSSR count). The number of nitrogens with zero attached hydrogens (tertiary/aromatic N) is 3. The minimum absolute atomic E-state index is 0.0936. The molecule has 0 bridgehead atoms. The quantitative estimate of drug-likeness (QED) is 0.397. The van der Waals surface area contributed by atoms with Crippen molar-refractivity contribution in [1.82, 2.24) is 14.5 Å². The van der Waals surface area contributed by atoms with Gasteiger partial charge in [0, 0.05) is 36.9 Å². The van der Waals surface area contributed by atoms with E-state index >= 15 is 0 Å². The van der Waals surface area contributed by atoms with Crippen molar-refractivity contribution in [2.75, 3.05) is 7.11 Å². The number of hydrogen-bond donors (Lipinski definition) is 2. The Morgan fingerprint density at radius 1 is 1.25 bits per heavy atom. The summed E-state index contributed by atoms with van der Waals surface area (Å²) in [4.78, 5) is 34.5. The molecular formula is C23H22N4O4S. The number of ether oxygens (including phenoxy) is 1. The molecule has 0 saturated carbocycles. The third-order valence-electron chi connectivity index (χ3n) is 5.19. The van der Waals surface area contributed by atoms with Gasteiger partial charge in [0.1, 0.15) is 10.6 Å². The van der Waals surface area contributed by atoms with Crippen LogP contribution in [0.4, 0.5) is 0 Å². The molecule has 32 heavy (non-hydrogen) atoms.